The lowest BCUT2D eigenvalue weighted by Gasteiger charge is -2.25. The summed E-state index contributed by atoms with van der Waals surface area (Å²) in [6.45, 7) is 9.82. The summed E-state index contributed by atoms with van der Waals surface area (Å²) in [5, 5.41) is 3.94. The number of halogens is 1. The minimum Gasteiger partial charge on any atom is -0.598 e. The molecule has 1 heterocycles. The predicted octanol–water partition coefficient (Wildman–Crippen LogP) is 4.30. The molecule has 2 atom stereocenters. The molecular weight excluding hydrogens is 392 g/mol. The molecule has 24 heavy (non-hydrogen) atoms. The predicted molar refractivity (Wildman–Crippen MR) is 98.9 cm³/mol. The third-order valence-electron chi connectivity index (χ3n) is 3.16. The number of hydrogen-bond donors (Lipinski definition) is 1. The monoisotopic (exact) mass is 412 g/mol. The number of hydrogen-bond acceptors (Lipinski definition) is 5. The molecule has 0 aliphatic heterocycles. The Morgan fingerprint density at radius 1 is 1.42 bits per heavy atom. The fourth-order valence-electron chi connectivity index (χ4n) is 1.79. The van der Waals surface area contributed by atoms with E-state index in [-0.39, 0.29) is 0 Å². The summed E-state index contributed by atoms with van der Waals surface area (Å²) in [4.78, 5) is 0. The fraction of sp³-hybridized carbons (Fsp3) is 0.353. The van der Waals surface area contributed by atoms with E-state index in [0.717, 1.165) is 5.56 Å². The number of nitrogens with one attached hydrogen (secondary N) is 1. The molecule has 0 saturated carbocycles. The molecule has 0 bridgehead atoms. The highest BCUT2D eigenvalue weighted by Gasteiger charge is 2.32. The van der Waals surface area contributed by atoms with E-state index in [0.29, 0.717) is 22.7 Å². The largest absolute Gasteiger partial charge is 0.598 e. The summed E-state index contributed by atoms with van der Waals surface area (Å²) in [7, 11) is 0. The van der Waals surface area contributed by atoms with Crippen LogP contribution in [0.3, 0.4) is 0 Å². The molecular formula is C17H21BrN2O3S. The van der Waals surface area contributed by atoms with Gasteiger partial charge in [0.05, 0.1) is 0 Å². The van der Waals surface area contributed by atoms with Crippen molar-refractivity contribution >= 4 is 27.3 Å². The summed E-state index contributed by atoms with van der Waals surface area (Å²) in [6.07, 6.45) is 1.62. The molecule has 2 aromatic rings. The fourth-order valence-corrected chi connectivity index (χ4v) is 3.08. The van der Waals surface area contributed by atoms with E-state index in [4.69, 9.17) is 9.26 Å². The van der Waals surface area contributed by atoms with E-state index in [1.54, 1.807) is 6.08 Å². The molecule has 0 amide bonds. The van der Waals surface area contributed by atoms with Crippen molar-refractivity contribution in [3.63, 3.8) is 0 Å². The Hall–Kier alpha value is -1.28. The molecule has 0 aliphatic rings. The molecule has 7 heteroatoms. The van der Waals surface area contributed by atoms with Gasteiger partial charge >= 0.3 is 0 Å². The number of nitrogens with zero attached hydrogens (tertiary/aromatic N) is 1. The molecule has 1 unspecified atom stereocenters. The van der Waals surface area contributed by atoms with Gasteiger partial charge in [0.15, 0.2) is 5.76 Å². The van der Waals surface area contributed by atoms with Gasteiger partial charge in [-0.2, -0.15) is 0 Å². The Labute approximate surface area is 153 Å². The second-order valence-electron chi connectivity index (χ2n) is 6.15. The van der Waals surface area contributed by atoms with Gasteiger partial charge in [0, 0.05) is 11.4 Å². The summed E-state index contributed by atoms with van der Waals surface area (Å²) >= 11 is 2.17. The molecule has 1 aromatic heterocycles. The zero-order chi connectivity index (χ0) is 17.7. The lowest BCUT2D eigenvalue weighted by atomic mass is 10.2. The molecule has 0 radical (unpaired) electrons. The van der Waals surface area contributed by atoms with Crippen molar-refractivity contribution < 1.29 is 13.8 Å². The molecule has 2 rings (SSSR count). The Morgan fingerprint density at radius 3 is 2.67 bits per heavy atom. The van der Waals surface area contributed by atoms with Crippen LogP contribution < -0.4 is 9.46 Å². The highest BCUT2D eigenvalue weighted by atomic mass is 79.9. The van der Waals surface area contributed by atoms with E-state index in [2.05, 4.69) is 32.4 Å². The zero-order valence-electron chi connectivity index (χ0n) is 13.9. The van der Waals surface area contributed by atoms with E-state index in [1.807, 2.05) is 51.1 Å². The van der Waals surface area contributed by atoms with Gasteiger partial charge in [-0.15, -0.1) is 11.3 Å². The van der Waals surface area contributed by atoms with Crippen LogP contribution in [0.4, 0.5) is 0 Å². The van der Waals surface area contributed by atoms with Gasteiger partial charge in [-0.3, -0.25) is 0 Å². The van der Waals surface area contributed by atoms with Gasteiger partial charge in [-0.25, -0.2) is 0 Å². The van der Waals surface area contributed by atoms with Crippen molar-refractivity contribution in [1.29, 1.82) is 0 Å². The lowest BCUT2D eigenvalue weighted by Crippen LogP contribution is -2.40. The van der Waals surface area contributed by atoms with Crippen LogP contribution in [-0.4, -0.2) is 14.5 Å². The Balaban J connectivity index is 2.08. The summed E-state index contributed by atoms with van der Waals surface area (Å²) < 4.78 is 26.5. The van der Waals surface area contributed by atoms with Crippen LogP contribution in [0.25, 0.3) is 0 Å². The van der Waals surface area contributed by atoms with Gasteiger partial charge in [0.2, 0.25) is 0 Å². The maximum absolute atomic E-state index is 12.3. The van der Waals surface area contributed by atoms with Gasteiger partial charge in [-0.05, 0) is 47.4 Å². The maximum Gasteiger partial charge on any atom is 0.269 e. The smallest absolute Gasteiger partial charge is 0.269 e. The Bertz CT molecular complexity index is 670. The molecule has 1 aromatic carbocycles. The maximum atomic E-state index is 12.3. The second-order valence-corrected chi connectivity index (χ2v) is 8.94. The molecule has 0 aliphatic carbocycles. The van der Waals surface area contributed by atoms with Crippen molar-refractivity contribution in [3.05, 3.63) is 58.8 Å². The average Bonchev–Trinajstić information content (AvgIpc) is 2.91. The first-order chi connectivity index (χ1) is 11.3. The van der Waals surface area contributed by atoms with Crippen molar-refractivity contribution in [1.82, 2.24) is 9.88 Å². The van der Waals surface area contributed by atoms with Gasteiger partial charge in [0.25, 0.3) is 5.88 Å². The first kappa shape index (κ1) is 19.1. The third kappa shape index (κ3) is 4.86. The topological polar surface area (TPSA) is 70.3 Å². The van der Waals surface area contributed by atoms with E-state index < -0.39 is 22.2 Å². The minimum absolute atomic E-state index is 0.351. The first-order valence-electron chi connectivity index (χ1n) is 7.45. The second kappa shape index (κ2) is 8.20. The normalized spacial score (nSPS) is 14.2. The number of ether oxygens (including phenoxy) is 1. The SMILES string of the molecule is C=C[C@H](N[S+]([O-])C(C)(C)C)c1onc(OCc2ccccc2)c1Br. The van der Waals surface area contributed by atoms with E-state index >= 15 is 0 Å². The molecule has 0 saturated heterocycles. The van der Waals surface area contributed by atoms with Gasteiger partial charge in [0.1, 0.15) is 21.9 Å². The van der Waals surface area contributed by atoms with Gasteiger partial charge in [-0.1, -0.05) is 36.4 Å². The summed E-state index contributed by atoms with van der Waals surface area (Å²) in [5.41, 5.74) is 1.03. The number of rotatable bonds is 7. The average molecular weight is 413 g/mol. The van der Waals surface area contributed by atoms with Crippen LogP contribution in [0.5, 0.6) is 5.88 Å². The quantitative estimate of drug-likeness (QED) is 0.542. The summed E-state index contributed by atoms with van der Waals surface area (Å²) in [5.74, 6) is 0.828. The minimum atomic E-state index is -1.27. The van der Waals surface area contributed by atoms with E-state index in [1.165, 1.54) is 0 Å². The van der Waals surface area contributed by atoms with Crippen LogP contribution in [0.2, 0.25) is 0 Å². The van der Waals surface area contributed by atoms with E-state index in [9.17, 15) is 4.55 Å². The van der Waals surface area contributed by atoms with Crippen LogP contribution >= 0.6 is 15.9 Å². The number of benzene rings is 1. The zero-order valence-corrected chi connectivity index (χ0v) is 16.3. The van der Waals surface area contributed by atoms with Crippen molar-refractivity contribution in [2.45, 2.75) is 38.2 Å². The lowest BCUT2D eigenvalue weighted by molar-refractivity contribution is 0.264. The van der Waals surface area contributed by atoms with Crippen molar-refractivity contribution in [2.75, 3.05) is 0 Å². The molecule has 130 valence electrons. The third-order valence-corrected chi connectivity index (χ3v) is 5.47. The highest BCUT2D eigenvalue weighted by molar-refractivity contribution is 9.10. The Kier molecular flexibility index (Phi) is 6.51. The number of aromatic nitrogens is 1. The Morgan fingerprint density at radius 2 is 2.08 bits per heavy atom. The summed E-state index contributed by atoms with van der Waals surface area (Å²) in [6, 6.07) is 9.33. The molecule has 0 fully saturated rings. The van der Waals surface area contributed by atoms with Crippen LogP contribution in [-0.2, 0) is 18.0 Å². The highest BCUT2D eigenvalue weighted by Crippen LogP contribution is 2.34. The van der Waals surface area contributed by atoms with Crippen LogP contribution in [0, 0.1) is 0 Å². The molecule has 0 spiro atoms. The van der Waals surface area contributed by atoms with Crippen molar-refractivity contribution in [2.24, 2.45) is 0 Å². The van der Waals surface area contributed by atoms with Crippen LogP contribution in [0.1, 0.15) is 38.1 Å². The van der Waals surface area contributed by atoms with Gasteiger partial charge < -0.3 is 13.8 Å². The first-order valence-corrected chi connectivity index (χ1v) is 9.39. The van der Waals surface area contributed by atoms with Crippen molar-refractivity contribution in [3.8, 4) is 5.88 Å². The molecule has 5 nitrogen and oxygen atoms in total. The molecule has 1 N–H and O–H groups in total. The van der Waals surface area contributed by atoms with Crippen LogP contribution in [0.15, 0.2) is 52.0 Å². The standard InChI is InChI=1S/C17H21BrN2O3S/c1-5-13(20-24(21)17(2,3)4)15-14(18)16(19-23-15)22-11-12-9-7-6-8-10-12/h5-10,13,20H,1,11H2,2-4H3/t13-,24?/m0/s1.